The number of ether oxygens (including phenoxy) is 1. The Bertz CT molecular complexity index is 642. The van der Waals surface area contributed by atoms with E-state index in [0.717, 1.165) is 23.8 Å². The maximum atomic E-state index is 11.8. The van der Waals surface area contributed by atoms with E-state index < -0.39 is 10.2 Å². The first-order valence-electron chi connectivity index (χ1n) is 7.33. The van der Waals surface area contributed by atoms with E-state index in [1.165, 1.54) is 14.1 Å². The van der Waals surface area contributed by atoms with Crippen molar-refractivity contribution in [3.05, 3.63) is 24.3 Å². The lowest BCUT2D eigenvalue weighted by Gasteiger charge is -2.15. The van der Waals surface area contributed by atoms with E-state index in [0.29, 0.717) is 17.9 Å². The van der Waals surface area contributed by atoms with Gasteiger partial charge in [0.2, 0.25) is 0 Å². The van der Waals surface area contributed by atoms with Gasteiger partial charge in [-0.15, -0.1) is 0 Å². The molecule has 9 heteroatoms. The van der Waals surface area contributed by atoms with Crippen molar-refractivity contribution < 1.29 is 17.9 Å². The van der Waals surface area contributed by atoms with Gasteiger partial charge in [0, 0.05) is 32.9 Å². The molecule has 0 radical (unpaired) electrons. The Labute approximate surface area is 136 Å². The van der Waals surface area contributed by atoms with Gasteiger partial charge in [0.15, 0.2) is 0 Å². The van der Waals surface area contributed by atoms with Gasteiger partial charge < -0.3 is 15.4 Å². The molecule has 1 heterocycles. The summed E-state index contributed by atoms with van der Waals surface area (Å²) in [5, 5.41) is 5.40. The second-order valence-corrected chi connectivity index (χ2v) is 7.32. The molecule has 1 atom stereocenters. The first kappa shape index (κ1) is 17.5. The molecule has 1 aliphatic heterocycles. The number of benzene rings is 1. The number of urea groups is 1. The van der Waals surface area contributed by atoms with Crippen molar-refractivity contribution in [1.82, 2.24) is 9.62 Å². The summed E-state index contributed by atoms with van der Waals surface area (Å²) in [6.07, 6.45) is 2.03. The molecule has 0 saturated carbocycles. The standard InChI is InChI=1S/C14H22N4O4S/c1-18(2)23(20,21)17-12-6-3-5-11(9-12)16-14(19)15-10-13-7-4-8-22-13/h3,5-6,9,13,17H,4,7-8,10H2,1-2H3,(H2,15,16,19)/t13-/m1/s1. The fraction of sp³-hybridized carbons (Fsp3) is 0.500. The van der Waals surface area contributed by atoms with Crippen LogP contribution in [0.5, 0.6) is 0 Å². The van der Waals surface area contributed by atoms with Crippen LogP contribution in [0.25, 0.3) is 0 Å². The highest BCUT2D eigenvalue weighted by molar-refractivity contribution is 7.90. The second kappa shape index (κ2) is 7.62. The van der Waals surface area contributed by atoms with E-state index >= 15 is 0 Å². The van der Waals surface area contributed by atoms with Crippen LogP contribution in [0.15, 0.2) is 24.3 Å². The van der Waals surface area contributed by atoms with E-state index in [1.54, 1.807) is 24.3 Å². The predicted molar refractivity (Wildman–Crippen MR) is 88.7 cm³/mol. The van der Waals surface area contributed by atoms with E-state index in [9.17, 15) is 13.2 Å². The second-order valence-electron chi connectivity index (χ2n) is 5.44. The fourth-order valence-corrected chi connectivity index (χ4v) is 2.70. The number of carbonyl (C=O) groups excluding carboxylic acids is 1. The third-order valence-electron chi connectivity index (χ3n) is 3.36. The average Bonchev–Trinajstić information content (AvgIpc) is 2.98. The average molecular weight is 342 g/mol. The molecule has 3 N–H and O–H groups in total. The zero-order chi connectivity index (χ0) is 16.9. The van der Waals surface area contributed by atoms with Crippen molar-refractivity contribution in [3.8, 4) is 0 Å². The van der Waals surface area contributed by atoms with Crippen LogP contribution in [0.3, 0.4) is 0 Å². The molecule has 0 unspecified atom stereocenters. The zero-order valence-corrected chi connectivity index (χ0v) is 14.0. The van der Waals surface area contributed by atoms with Gasteiger partial charge in [0.05, 0.1) is 11.8 Å². The van der Waals surface area contributed by atoms with Gasteiger partial charge in [-0.1, -0.05) is 6.07 Å². The summed E-state index contributed by atoms with van der Waals surface area (Å²) in [6.45, 7) is 1.20. The molecule has 0 aromatic heterocycles. The maximum Gasteiger partial charge on any atom is 0.319 e. The Kier molecular flexibility index (Phi) is 5.80. The third-order valence-corrected chi connectivity index (χ3v) is 4.82. The van der Waals surface area contributed by atoms with E-state index in [-0.39, 0.29) is 12.1 Å². The highest BCUT2D eigenvalue weighted by atomic mass is 32.2. The van der Waals surface area contributed by atoms with Crippen LogP contribution in [-0.4, -0.2) is 52.1 Å². The molecular weight excluding hydrogens is 320 g/mol. The molecular formula is C14H22N4O4S. The van der Waals surface area contributed by atoms with Gasteiger partial charge in [-0.25, -0.2) is 4.79 Å². The summed E-state index contributed by atoms with van der Waals surface area (Å²) in [5.41, 5.74) is 0.865. The van der Waals surface area contributed by atoms with Gasteiger partial charge in [0.1, 0.15) is 0 Å². The molecule has 1 saturated heterocycles. The number of nitrogens with zero attached hydrogens (tertiary/aromatic N) is 1. The molecule has 23 heavy (non-hydrogen) atoms. The summed E-state index contributed by atoms with van der Waals surface area (Å²) in [5.74, 6) is 0. The minimum Gasteiger partial charge on any atom is -0.376 e. The lowest BCUT2D eigenvalue weighted by atomic mass is 10.2. The molecule has 1 fully saturated rings. The summed E-state index contributed by atoms with van der Waals surface area (Å²) in [7, 11) is -0.712. The van der Waals surface area contributed by atoms with Crippen molar-refractivity contribution >= 4 is 27.6 Å². The fourth-order valence-electron chi connectivity index (χ4n) is 2.09. The Morgan fingerprint density at radius 1 is 1.35 bits per heavy atom. The van der Waals surface area contributed by atoms with Crippen molar-refractivity contribution in [3.63, 3.8) is 0 Å². The summed E-state index contributed by atoms with van der Waals surface area (Å²) < 4.78 is 32.5. The first-order valence-corrected chi connectivity index (χ1v) is 8.77. The van der Waals surface area contributed by atoms with Crippen molar-refractivity contribution in [2.75, 3.05) is 37.3 Å². The van der Waals surface area contributed by atoms with Crippen LogP contribution >= 0.6 is 0 Å². The molecule has 0 spiro atoms. The molecule has 8 nitrogen and oxygen atoms in total. The number of hydrogen-bond donors (Lipinski definition) is 3. The molecule has 0 bridgehead atoms. The first-order chi connectivity index (χ1) is 10.9. The molecule has 1 aliphatic rings. The molecule has 0 aliphatic carbocycles. The van der Waals surface area contributed by atoms with Crippen LogP contribution in [0.4, 0.5) is 16.2 Å². The highest BCUT2D eigenvalue weighted by Gasteiger charge is 2.16. The number of nitrogens with one attached hydrogen (secondary N) is 3. The number of anilines is 2. The van der Waals surface area contributed by atoms with Crippen LogP contribution in [0.2, 0.25) is 0 Å². The largest absolute Gasteiger partial charge is 0.376 e. The minimum absolute atomic E-state index is 0.0685. The Morgan fingerprint density at radius 2 is 2.09 bits per heavy atom. The van der Waals surface area contributed by atoms with Gasteiger partial charge in [-0.3, -0.25) is 4.72 Å². The minimum atomic E-state index is -3.58. The summed E-state index contributed by atoms with van der Waals surface area (Å²) in [4.78, 5) is 11.8. The molecule has 2 rings (SSSR count). The Balaban J connectivity index is 1.90. The van der Waals surface area contributed by atoms with E-state index in [1.807, 2.05) is 0 Å². The number of rotatable bonds is 6. The van der Waals surface area contributed by atoms with Crippen molar-refractivity contribution in [2.24, 2.45) is 0 Å². The monoisotopic (exact) mass is 342 g/mol. The Morgan fingerprint density at radius 3 is 2.74 bits per heavy atom. The molecule has 1 aromatic carbocycles. The maximum absolute atomic E-state index is 11.8. The zero-order valence-electron chi connectivity index (χ0n) is 13.2. The quantitative estimate of drug-likeness (QED) is 0.723. The number of carbonyl (C=O) groups is 1. The molecule has 128 valence electrons. The van der Waals surface area contributed by atoms with E-state index in [4.69, 9.17) is 4.74 Å². The van der Waals surface area contributed by atoms with Gasteiger partial charge in [-0.2, -0.15) is 12.7 Å². The van der Waals surface area contributed by atoms with Crippen molar-refractivity contribution in [1.29, 1.82) is 0 Å². The van der Waals surface area contributed by atoms with Gasteiger partial charge >= 0.3 is 16.2 Å². The lowest BCUT2D eigenvalue weighted by molar-refractivity contribution is 0.112. The lowest BCUT2D eigenvalue weighted by Crippen LogP contribution is -2.35. The van der Waals surface area contributed by atoms with Gasteiger partial charge in [0.25, 0.3) is 0 Å². The molecule has 2 amide bonds. The topological polar surface area (TPSA) is 99.8 Å². The van der Waals surface area contributed by atoms with Crippen molar-refractivity contribution in [2.45, 2.75) is 18.9 Å². The normalized spacial score (nSPS) is 18.0. The highest BCUT2D eigenvalue weighted by Crippen LogP contribution is 2.17. The summed E-state index contributed by atoms with van der Waals surface area (Å²) in [6, 6.07) is 6.14. The predicted octanol–water partition coefficient (Wildman–Crippen LogP) is 1.21. The van der Waals surface area contributed by atoms with Gasteiger partial charge in [-0.05, 0) is 31.0 Å². The third kappa shape index (κ3) is 5.38. The molecule has 1 aromatic rings. The van der Waals surface area contributed by atoms with Crippen LogP contribution in [0, 0.1) is 0 Å². The van der Waals surface area contributed by atoms with Crippen LogP contribution in [0.1, 0.15) is 12.8 Å². The van der Waals surface area contributed by atoms with Crippen LogP contribution < -0.4 is 15.4 Å². The van der Waals surface area contributed by atoms with Crippen LogP contribution in [-0.2, 0) is 14.9 Å². The van der Waals surface area contributed by atoms with E-state index in [2.05, 4.69) is 15.4 Å². The smallest absolute Gasteiger partial charge is 0.319 e. The SMILES string of the molecule is CN(C)S(=O)(=O)Nc1cccc(NC(=O)NC[C@H]2CCCO2)c1. The number of hydrogen-bond acceptors (Lipinski definition) is 4. The number of amides is 2. The summed E-state index contributed by atoms with van der Waals surface area (Å²) >= 11 is 0. The Hall–Kier alpha value is -1.84.